The van der Waals surface area contributed by atoms with Gasteiger partial charge in [0.2, 0.25) is 0 Å². The van der Waals surface area contributed by atoms with Crippen LogP contribution in [-0.2, 0) is 4.74 Å². The van der Waals surface area contributed by atoms with E-state index in [0.717, 1.165) is 12.6 Å². The van der Waals surface area contributed by atoms with Crippen LogP contribution in [0.25, 0.3) is 0 Å². The first-order valence-corrected chi connectivity index (χ1v) is 6.21. The molecule has 108 valence electrons. The van der Waals surface area contributed by atoms with E-state index < -0.39 is 4.92 Å². The van der Waals surface area contributed by atoms with E-state index in [2.05, 4.69) is 10.3 Å². The molecule has 1 aliphatic heterocycles. The van der Waals surface area contributed by atoms with E-state index in [4.69, 9.17) is 4.74 Å². The maximum atomic E-state index is 12.4. The van der Waals surface area contributed by atoms with Crippen LogP contribution in [-0.4, -0.2) is 54.1 Å². The van der Waals surface area contributed by atoms with Gasteiger partial charge in [0.15, 0.2) is 0 Å². The Morgan fingerprint density at radius 2 is 2.40 bits per heavy atom. The highest BCUT2D eigenvalue weighted by molar-refractivity contribution is 5.98. The van der Waals surface area contributed by atoms with Gasteiger partial charge < -0.3 is 15.0 Å². The predicted molar refractivity (Wildman–Crippen MR) is 71.8 cm³/mol. The molecule has 8 heteroatoms. The van der Waals surface area contributed by atoms with Gasteiger partial charge in [0.1, 0.15) is 17.6 Å². The zero-order valence-corrected chi connectivity index (χ0v) is 11.3. The number of rotatable bonds is 4. The Morgan fingerprint density at radius 3 is 2.95 bits per heavy atom. The lowest BCUT2D eigenvalue weighted by atomic mass is 10.2. The number of likely N-dealkylation sites (tertiary alicyclic amines) is 1. The zero-order valence-electron chi connectivity index (χ0n) is 11.3. The second-order valence-electron chi connectivity index (χ2n) is 4.49. The van der Waals surface area contributed by atoms with Gasteiger partial charge in [-0.25, -0.2) is 4.98 Å². The summed E-state index contributed by atoms with van der Waals surface area (Å²) < 4.78 is 5.20. The van der Waals surface area contributed by atoms with Gasteiger partial charge in [-0.3, -0.25) is 14.9 Å². The standard InChI is InChI=1S/C12H16N4O4/c1-13-11-5-9(10(6-14-11)16(18)19)12(17)15-4-3-8(7-15)20-2/h5-6,8H,3-4,7H2,1-2H3,(H,13,14). The molecule has 0 aliphatic carbocycles. The van der Waals surface area contributed by atoms with E-state index >= 15 is 0 Å². The van der Waals surface area contributed by atoms with Crippen LogP contribution in [0.3, 0.4) is 0 Å². The number of hydrogen-bond donors (Lipinski definition) is 1. The molecule has 8 nitrogen and oxygen atoms in total. The van der Waals surface area contributed by atoms with Gasteiger partial charge in [-0.05, 0) is 6.42 Å². The quantitative estimate of drug-likeness (QED) is 0.649. The Labute approximate surface area is 115 Å². The summed E-state index contributed by atoms with van der Waals surface area (Å²) in [6, 6.07) is 1.40. The third kappa shape index (κ3) is 2.69. The normalized spacial score (nSPS) is 18.1. The minimum absolute atomic E-state index is 0.0105. The van der Waals surface area contributed by atoms with Crippen LogP contribution in [0.5, 0.6) is 0 Å². The highest BCUT2D eigenvalue weighted by atomic mass is 16.6. The zero-order chi connectivity index (χ0) is 14.7. The van der Waals surface area contributed by atoms with E-state index in [1.165, 1.54) is 6.07 Å². The van der Waals surface area contributed by atoms with Crippen molar-refractivity contribution in [1.82, 2.24) is 9.88 Å². The van der Waals surface area contributed by atoms with Crippen LogP contribution in [0.1, 0.15) is 16.8 Å². The van der Waals surface area contributed by atoms with Crippen molar-refractivity contribution in [2.45, 2.75) is 12.5 Å². The topological polar surface area (TPSA) is 97.6 Å². The number of hydrogen-bond acceptors (Lipinski definition) is 6. The molecule has 1 N–H and O–H groups in total. The minimum Gasteiger partial charge on any atom is -0.380 e. The van der Waals surface area contributed by atoms with Crippen LogP contribution in [0.4, 0.5) is 11.5 Å². The van der Waals surface area contributed by atoms with Gasteiger partial charge in [0.25, 0.3) is 11.6 Å². The number of pyridine rings is 1. The number of nitro groups is 1. The van der Waals surface area contributed by atoms with E-state index in [1.807, 2.05) is 0 Å². The van der Waals surface area contributed by atoms with Crippen LogP contribution in [0.2, 0.25) is 0 Å². The van der Waals surface area contributed by atoms with E-state index in [0.29, 0.717) is 18.9 Å². The van der Waals surface area contributed by atoms with Crippen molar-refractivity contribution in [3.8, 4) is 0 Å². The van der Waals surface area contributed by atoms with Gasteiger partial charge in [-0.15, -0.1) is 0 Å². The molecule has 1 aromatic heterocycles. The second kappa shape index (κ2) is 5.83. The van der Waals surface area contributed by atoms with E-state index in [1.54, 1.807) is 19.1 Å². The molecule has 0 radical (unpaired) electrons. The lowest BCUT2D eigenvalue weighted by Gasteiger charge is -2.16. The molecule has 1 aliphatic rings. The molecule has 0 saturated carbocycles. The molecule has 1 unspecified atom stereocenters. The third-order valence-corrected chi connectivity index (χ3v) is 3.33. The van der Waals surface area contributed by atoms with Crippen LogP contribution >= 0.6 is 0 Å². The molecule has 2 rings (SSSR count). The fourth-order valence-electron chi connectivity index (χ4n) is 2.18. The van der Waals surface area contributed by atoms with Crippen molar-refractivity contribution in [2.75, 3.05) is 32.6 Å². The Hall–Kier alpha value is -2.22. The predicted octanol–water partition coefficient (Wildman–Crippen LogP) is 0.892. The van der Waals surface area contributed by atoms with Crippen molar-refractivity contribution in [3.63, 3.8) is 0 Å². The second-order valence-corrected chi connectivity index (χ2v) is 4.49. The van der Waals surface area contributed by atoms with Gasteiger partial charge in [-0.1, -0.05) is 0 Å². The van der Waals surface area contributed by atoms with Crippen LogP contribution in [0.15, 0.2) is 12.3 Å². The van der Waals surface area contributed by atoms with Crippen molar-refractivity contribution >= 4 is 17.4 Å². The lowest BCUT2D eigenvalue weighted by Crippen LogP contribution is -2.30. The summed E-state index contributed by atoms with van der Waals surface area (Å²) in [4.78, 5) is 28.3. The highest BCUT2D eigenvalue weighted by Crippen LogP contribution is 2.24. The van der Waals surface area contributed by atoms with Crippen molar-refractivity contribution < 1.29 is 14.5 Å². The number of carbonyl (C=O) groups excluding carboxylic acids is 1. The molecule has 0 bridgehead atoms. The Kier molecular flexibility index (Phi) is 4.14. The summed E-state index contributed by atoms with van der Waals surface area (Å²) in [6.07, 6.45) is 1.83. The molecule has 1 atom stereocenters. The average molecular weight is 280 g/mol. The molecule has 1 fully saturated rings. The number of methoxy groups -OCH3 is 1. The van der Waals surface area contributed by atoms with Crippen LogP contribution < -0.4 is 5.32 Å². The summed E-state index contributed by atoms with van der Waals surface area (Å²) in [5.41, 5.74) is -0.235. The Balaban J connectivity index is 2.30. The van der Waals surface area contributed by atoms with Gasteiger partial charge in [-0.2, -0.15) is 0 Å². The number of amides is 1. The third-order valence-electron chi connectivity index (χ3n) is 3.33. The largest absolute Gasteiger partial charge is 0.380 e. The Morgan fingerprint density at radius 1 is 1.65 bits per heavy atom. The number of anilines is 1. The number of nitrogens with one attached hydrogen (secondary N) is 1. The SMILES string of the molecule is CNc1cc(C(=O)N2CCC(OC)C2)c([N+](=O)[O-])cn1. The smallest absolute Gasteiger partial charge is 0.300 e. The first-order valence-electron chi connectivity index (χ1n) is 6.21. The molecule has 1 amide bonds. The molecular weight excluding hydrogens is 264 g/mol. The van der Waals surface area contributed by atoms with Crippen LogP contribution in [0, 0.1) is 10.1 Å². The fourth-order valence-corrected chi connectivity index (χ4v) is 2.18. The molecule has 0 spiro atoms. The van der Waals surface area contributed by atoms with Crippen molar-refractivity contribution in [3.05, 3.63) is 27.9 Å². The van der Waals surface area contributed by atoms with E-state index in [-0.39, 0.29) is 23.3 Å². The highest BCUT2D eigenvalue weighted by Gasteiger charge is 2.31. The fraction of sp³-hybridized carbons (Fsp3) is 0.500. The Bertz CT molecular complexity index is 534. The maximum absolute atomic E-state index is 12.4. The van der Waals surface area contributed by atoms with Crippen molar-refractivity contribution in [2.24, 2.45) is 0 Å². The van der Waals surface area contributed by atoms with Crippen molar-refractivity contribution in [1.29, 1.82) is 0 Å². The van der Waals surface area contributed by atoms with Gasteiger partial charge >= 0.3 is 0 Å². The minimum atomic E-state index is -0.594. The first kappa shape index (κ1) is 14.2. The monoisotopic (exact) mass is 280 g/mol. The van der Waals surface area contributed by atoms with E-state index in [9.17, 15) is 14.9 Å². The molecule has 1 aromatic rings. The molecule has 2 heterocycles. The summed E-state index contributed by atoms with van der Waals surface area (Å²) in [5.74, 6) is 0.0524. The maximum Gasteiger partial charge on any atom is 0.300 e. The lowest BCUT2D eigenvalue weighted by molar-refractivity contribution is -0.385. The summed E-state index contributed by atoms with van der Waals surface area (Å²) in [5, 5.41) is 13.8. The van der Waals surface area contributed by atoms with Gasteiger partial charge in [0.05, 0.1) is 11.0 Å². The molecule has 20 heavy (non-hydrogen) atoms. The number of nitrogens with zero attached hydrogens (tertiary/aromatic N) is 3. The number of carbonyl (C=O) groups is 1. The summed E-state index contributed by atoms with van der Waals surface area (Å²) in [7, 11) is 3.23. The summed E-state index contributed by atoms with van der Waals surface area (Å²) in [6.45, 7) is 0.982. The molecular formula is C12H16N4O4. The number of ether oxygens (including phenoxy) is 1. The first-order chi connectivity index (χ1) is 9.56. The molecule has 0 aromatic carbocycles. The van der Waals surface area contributed by atoms with Gasteiger partial charge in [0, 0.05) is 33.3 Å². The summed E-state index contributed by atoms with van der Waals surface area (Å²) >= 11 is 0. The molecule has 1 saturated heterocycles. The number of aromatic nitrogens is 1. The average Bonchev–Trinajstić information content (AvgIpc) is 2.94.